The molecule has 8 heteroatoms. The van der Waals surface area contributed by atoms with E-state index in [4.69, 9.17) is 0 Å². The van der Waals surface area contributed by atoms with Gasteiger partial charge in [-0.15, -0.1) is 0 Å². The monoisotopic (exact) mass is 472 g/mol. The van der Waals surface area contributed by atoms with Crippen LogP contribution in [0, 0.1) is 0 Å². The van der Waals surface area contributed by atoms with Crippen LogP contribution in [-0.4, -0.2) is 49.3 Å². The van der Waals surface area contributed by atoms with Crippen molar-refractivity contribution in [3.05, 3.63) is 96.3 Å². The molecule has 34 heavy (non-hydrogen) atoms. The van der Waals surface area contributed by atoms with Crippen molar-refractivity contribution in [1.82, 2.24) is 14.9 Å². The van der Waals surface area contributed by atoms with Crippen LogP contribution in [0.15, 0.2) is 90.1 Å². The summed E-state index contributed by atoms with van der Waals surface area (Å²) < 4.78 is 27.2. The van der Waals surface area contributed by atoms with Crippen molar-refractivity contribution < 1.29 is 13.2 Å². The smallest absolute Gasteiger partial charge is 0.264 e. The molecule has 2 aromatic carbocycles. The van der Waals surface area contributed by atoms with E-state index in [2.05, 4.69) is 16.0 Å². The fourth-order valence-electron chi connectivity index (χ4n) is 4.21. The van der Waals surface area contributed by atoms with E-state index in [1.165, 1.54) is 29.1 Å². The second-order valence-electron chi connectivity index (χ2n) is 8.16. The lowest BCUT2D eigenvalue weighted by atomic mass is 9.99. The summed E-state index contributed by atoms with van der Waals surface area (Å²) in [5.74, 6) is -0.115. The Bertz CT molecular complexity index is 1480. The van der Waals surface area contributed by atoms with E-state index in [0.717, 1.165) is 23.0 Å². The molecule has 7 nitrogen and oxygen atoms in total. The standard InChI is InChI=1S/C26H24N4O3S/c1-29(21-6-3-2-4-7-21)34(32,33)22-11-9-20(10-12-22)26(31)30-16-13-19(14-17-30)24-18-28-25-23(24)8-5-15-27-25/h2-13,15,18H,14,16-17H2,1H3,(H,27,28). The minimum atomic E-state index is -3.72. The summed E-state index contributed by atoms with van der Waals surface area (Å²) >= 11 is 0. The predicted molar refractivity (Wildman–Crippen MR) is 133 cm³/mol. The van der Waals surface area contributed by atoms with Gasteiger partial charge in [-0.05, 0) is 60.5 Å². The second-order valence-corrected chi connectivity index (χ2v) is 10.1. The molecule has 3 heterocycles. The number of hydrogen-bond acceptors (Lipinski definition) is 4. The number of sulfonamides is 1. The molecule has 0 saturated heterocycles. The van der Waals surface area contributed by atoms with Gasteiger partial charge in [0.15, 0.2) is 0 Å². The maximum absolute atomic E-state index is 13.0. The minimum absolute atomic E-state index is 0.115. The highest BCUT2D eigenvalue weighted by Crippen LogP contribution is 2.29. The van der Waals surface area contributed by atoms with Gasteiger partial charge in [0.2, 0.25) is 0 Å². The fourth-order valence-corrected chi connectivity index (χ4v) is 5.40. The lowest BCUT2D eigenvalue weighted by Gasteiger charge is -2.26. The second kappa shape index (κ2) is 8.79. The average Bonchev–Trinajstić information content (AvgIpc) is 3.33. The summed E-state index contributed by atoms with van der Waals surface area (Å²) in [7, 11) is -2.20. The number of pyridine rings is 1. The lowest BCUT2D eigenvalue weighted by molar-refractivity contribution is 0.0773. The van der Waals surface area contributed by atoms with Crippen LogP contribution in [0.5, 0.6) is 0 Å². The van der Waals surface area contributed by atoms with Crippen molar-refractivity contribution in [3.8, 4) is 0 Å². The normalized spacial score (nSPS) is 14.1. The van der Waals surface area contributed by atoms with Crippen molar-refractivity contribution >= 4 is 38.2 Å². The number of carbonyl (C=O) groups is 1. The molecule has 0 saturated carbocycles. The van der Waals surface area contributed by atoms with Crippen LogP contribution in [0.1, 0.15) is 22.3 Å². The third kappa shape index (κ3) is 3.97. The highest BCUT2D eigenvalue weighted by molar-refractivity contribution is 7.92. The number of H-pyrrole nitrogens is 1. The SMILES string of the molecule is CN(c1ccccc1)S(=O)(=O)c1ccc(C(=O)N2CC=C(c3c[nH]c4ncccc34)CC2)cc1. The molecule has 0 fully saturated rings. The first kappa shape index (κ1) is 21.9. The van der Waals surface area contributed by atoms with E-state index in [1.54, 1.807) is 47.5 Å². The van der Waals surface area contributed by atoms with E-state index in [-0.39, 0.29) is 10.8 Å². The molecule has 0 spiro atoms. The number of para-hydroxylation sites is 1. The van der Waals surface area contributed by atoms with Gasteiger partial charge in [0.1, 0.15) is 5.65 Å². The van der Waals surface area contributed by atoms with Gasteiger partial charge in [-0.1, -0.05) is 24.3 Å². The number of hydrogen-bond donors (Lipinski definition) is 1. The third-order valence-electron chi connectivity index (χ3n) is 6.17. The average molecular weight is 473 g/mol. The molecule has 1 N–H and O–H groups in total. The molecule has 0 atom stereocenters. The van der Waals surface area contributed by atoms with Crippen molar-refractivity contribution in [2.24, 2.45) is 0 Å². The zero-order valence-corrected chi connectivity index (χ0v) is 19.5. The molecule has 4 aromatic rings. The Hall–Kier alpha value is -3.91. The van der Waals surface area contributed by atoms with Gasteiger partial charge >= 0.3 is 0 Å². The van der Waals surface area contributed by atoms with Gasteiger partial charge in [-0.3, -0.25) is 9.10 Å². The van der Waals surface area contributed by atoms with Crippen molar-refractivity contribution in [3.63, 3.8) is 0 Å². The maximum Gasteiger partial charge on any atom is 0.264 e. The van der Waals surface area contributed by atoms with Gasteiger partial charge in [0.05, 0.1) is 10.6 Å². The van der Waals surface area contributed by atoms with Gasteiger partial charge in [-0.2, -0.15) is 0 Å². The number of carbonyl (C=O) groups excluding carboxylic acids is 1. The molecule has 0 aliphatic carbocycles. The zero-order chi connectivity index (χ0) is 23.7. The van der Waals surface area contributed by atoms with Gasteiger partial charge in [0, 0.05) is 49.0 Å². The molecule has 2 aromatic heterocycles. The third-order valence-corrected chi connectivity index (χ3v) is 7.97. The highest BCUT2D eigenvalue weighted by Gasteiger charge is 2.24. The number of aromatic amines is 1. The van der Waals surface area contributed by atoms with E-state index >= 15 is 0 Å². The van der Waals surface area contributed by atoms with Crippen LogP contribution in [0.25, 0.3) is 16.6 Å². The van der Waals surface area contributed by atoms with E-state index in [0.29, 0.717) is 24.3 Å². The van der Waals surface area contributed by atoms with Crippen LogP contribution in [0.2, 0.25) is 0 Å². The first-order valence-corrected chi connectivity index (χ1v) is 12.4. The summed E-state index contributed by atoms with van der Waals surface area (Å²) in [6.45, 7) is 1.09. The van der Waals surface area contributed by atoms with Crippen LogP contribution in [0.3, 0.4) is 0 Å². The Balaban J connectivity index is 1.30. The molecule has 5 rings (SSSR count). The van der Waals surface area contributed by atoms with E-state index in [9.17, 15) is 13.2 Å². The molecule has 0 radical (unpaired) electrons. The van der Waals surface area contributed by atoms with Crippen LogP contribution >= 0.6 is 0 Å². The molecule has 172 valence electrons. The van der Waals surface area contributed by atoms with Crippen LogP contribution in [-0.2, 0) is 10.0 Å². The Kier molecular flexibility index (Phi) is 5.67. The molecular weight excluding hydrogens is 448 g/mol. The number of nitrogens with one attached hydrogen (secondary N) is 1. The summed E-state index contributed by atoms with van der Waals surface area (Å²) in [6.07, 6.45) is 6.54. The first-order valence-electron chi connectivity index (χ1n) is 11.0. The highest BCUT2D eigenvalue weighted by atomic mass is 32.2. The molecule has 0 bridgehead atoms. The van der Waals surface area contributed by atoms with Crippen molar-refractivity contribution in [1.29, 1.82) is 0 Å². The predicted octanol–water partition coefficient (Wildman–Crippen LogP) is 4.32. The number of rotatable bonds is 5. The summed E-state index contributed by atoms with van der Waals surface area (Å²) in [4.78, 5) is 22.5. The zero-order valence-electron chi connectivity index (χ0n) is 18.7. The molecular formula is C26H24N4O3S. The van der Waals surface area contributed by atoms with Crippen molar-refractivity contribution in [2.75, 3.05) is 24.4 Å². The van der Waals surface area contributed by atoms with E-state index < -0.39 is 10.0 Å². The summed E-state index contributed by atoms with van der Waals surface area (Å²) in [5.41, 5.74) is 4.20. The lowest BCUT2D eigenvalue weighted by Crippen LogP contribution is -2.34. The number of nitrogens with zero attached hydrogens (tertiary/aromatic N) is 3. The van der Waals surface area contributed by atoms with Crippen LogP contribution < -0.4 is 4.31 Å². The van der Waals surface area contributed by atoms with Gasteiger partial charge in [-0.25, -0.2) is 13.4 Å². The molecule has 1 aliphatic rings. The number of fused-ring (bicyclic) bond motifs is 1. The Morgan fingerprint density at radius 3 is 2.50 bits per heavy atom. The number of benzene rings is 2. The topological polar surface area (TPSA) is 86.4 Å². The minimum Gasteiger partial charge on any atom is -0.346 e. The largest absolute Gasteiger partial charge is 0.346 e. The van der Waals surface area contributed by atoms with E-state index in [1.807, 2.05) is 24.4 Å². The first-order chi connectivity index (χ1) is 16.4. The maximum atomic E-state index is 13.0. The van der Waals surface area contributed by atoms with Crippen molar-refractivity contribution in [2.45, 2.75) is 11.3 Å². The number of amides is 1. The Labute approximate surface area is 198 Å². The quantitative estimate of drug-likeness (QED) is 0.469. The molecule has 1 aliphatic heterocycles. The summed E-state index contributed by atoms with van der Waals surface area (Å²) in [6, 6.07) is 19.0. The number of anilines is 1. The Morgan fingerprint density at radius 1 is 1.03 bits per heavy atom. The Morgan fingerprint density at radius 2 is 1.79 bits per heavy atom. The molecule has 0 unspecified atom stereocenters. The van der Waals surface area contributed by atoms with Crippen LogP contribution in [0.4, 0.5) is 5.69 Å². The van der Waals surface area contributed by atoms with Gasteiger partial charge < -0.3 is 9.88 Å². The summed E-state index contributed by atoms with van der Waals surface area (Å²) in [5, 5.41) is 1.07. The fraction of sp³-hybridized carbons (Fsp3) is 0.154. The number of aromatic nitrogens is 2. The van der Waals surface area contributed by atoms with Gasteiger partial charge in [0.25, 0.3) is 15.9 Å². The molecule has 1 amide bonds.